The largest absolute Gasteiger partial charge is 0.216 e. The SMILES string of the molecule is Cc1sccc1-c1nc(Cl)c(C)c(Cl)n1. The second kappa shape index (κ2) is 4.08. The maximum Gasteiger partial charge on any atom is 0.163 e. The zero-order valence-corrected chi connectivity index (χ0v) is 10.5. The highest BCUT2D eigenvalue weighted by Crippen LogP contribution is 2.28. The van der Waals surface area contributed by atoms with Crippen molar-refractivity contribution in [3.05, 3.63) is 32.2 Å². The van der Waals surface area contributed by atoms with E-state index in [1.807, 2.05) is 18.4 Å². The van der Waals surface area contributed by atoms with Crippen molar-refractivity contribution in [1.29, 1.82) is 0 Å². The van der Waals surface area contributed by atoms with Crippen molar-refractivity contribution in [2.24, 2.45) is 0 Å². The lowest BCUT2D eigenvalue weighted by atomic mass is 10.2. The van der Waals surface area contributed by atoms with Crippen LogP contribution in [0.1, 0.15) is 10.4 Å². The van der Waals surface area contributed by atoms with Gasteiger partial charge in [0.1, 0.15) is 10.3 Å². The molecule has 2 aromatic heterocycles. The van der Waals surface area contributed by atoms with E-state index in [9.17, 15) is 0 Å². The molecule has 0 aliphatic rings. The molecule has 2 rings (SSSR count). The average Bonchev–Trinajstić information content (AvgIpc) is 2.60. The lowest BCUT2D eigenvalue weighted by Gasteiger charge is -2.03. The van der Waals surface area contributed by atoms with Gasteiger partial charge in [-0.3, -0.25) is 0 Å². The molecular weight excluding hydrogens is 251 g/mol. The van der Waals surface area contributed by atoms with Crippen molar-refractivity contribution in [2.45, 2.75) is 13.8 Å². The van der Waals surface area contributed by atoms with Gasteiger partial charge < -0.3 is 0 Å². The van der Waals surface area contributed by atoms with Gasteiger partial charge >= 0.3 is 0 Å². The van der Waals surface area contributed by atoms with E-state index in [0.717, 1.165) is 16.0 Å². The summed E-state index contributed by atoms with van der Waals surface area (Å²) in [5.74, 6) is 0.592. The summed E-state index contributed by atoms with van der Waals surface area (Å²) in [5.41, 5.74) is 1.71. The summed E-state index contributed by atoms with van der Waals surface area (Å²) in [4.78, 5) is 9.59. The number of halogens is 2. The van der Waals surface area contributed by atoms with Gasteiger partial charge in [-0.1, -0.05) is 23.2 Å². The Bertz CT molecular complexity index is 485. The van der Waals surface area contributed by atoms with E-state index in [0.29, 0.717) is 16.1 Å². The van der Waals surface area contributed by atoms with E-state index in [1.54, 1.807) is 18.3 Å². The maximum atomic E-state index is 5.96. The molecule has 5 heteroatoms. The minimum absolute atomic E-state index is 0.413. The van der Waals surface area contributed by atoms with Crippen molar-refractivity contribution < 1.29 is 0 Å². The monoisotopic (exact) mass is 258 g/mol. The van der Waals surface area contributed by atoms with Gasteiger partial charge in [-0.05, 0) is 25.3 Å². The fourth-order valence-corrected chi connectivity index (χ4v) is 2.28. The van der Waals surface area contributed by atoms with Gasteiger partial charge in [0.2, 0.25) is 0 Å². The number of aryl methyl sites for hydroxylation is 1. The first kappa shape index (κ1) is 10.9. The molecule has 2 nitrogen and oxygen atoms in total. The van der Waals surface area contributed by atoms with Crippen LogP contribution in [0, 0.1) is 13.8 Å². The van der Waals surface area contributed by atoms with Crippen LogP contribution in [0.3, 0.4) is 0 Å². The van der Waals surface area contributed by atoms with Crippen LogP contribution in [0.25, 0.3) is 11.4 Å². The van der Waals surface area contributed by atoms with Gasteiger partial charge in [0.15, 0.2) is 5.82 Å². The summed E-state index contributed by atoms with van der Waals surface area (Å²) < 4.78 is 0. The van der Waals surface area contributed by atoms with Gasteiger partial charge in [0, 0.05) is 16.0 Å². The van der Waals surface area contributed by atoms with Gasteiger partial charge in [-0.25, -0.2) is 9.97 Å². The second-order valence-electron chi connectivity index (χ2n) is 3.14. The molecule has 0 spiro atoms. The van der Waals surface area contributed by atoms with E-state index in [2.05, 4.69) is 9.97 Å². The zero-order valence-electron chi connectivity index (χ0n) is 8.21. The molecule has 2 aromatic rings. The lowest BCUT2D eigenvalue weighted by molar-refractivity contribution is 1.14. The summed E-state index contributed by atoms with van der Waals surface area (Å²) in [6.07, 6.45) is 0. The third-order valence-electron chi connectivity index (χ3n) is 2.13. The average molecular weight is 259 g/mol. The van der Waals surface area contributed by atoms with Crippen molar-refractivity contribution in [2.75, 3.05) is 0 Å². The molecule has 0 aliphatic heterocycles. The first-order valence-electron chi connectivity index (χ1n) is 4.33. The molecule has 0 amide bonds. The molecule has 78 valence electrons. The molecule has 0 atom stereocenters. The van der Waals surface area contributed by atoms with Gasteiger partial charge in [-0.2, -0.15) is 0 Å². The Hall–Kier alpha value is -0.640. The summed E-state index contributed by atoms with van der Waals surface area (Å²) in [6, 6.07) is 1.97. The van der Waals surface area contributed by atoms with Crippen molar-refractivity contribution in [3.8, 4) is 11.4 Å². The number of thiophene rings is 1. The summed E-state index contributed by atoms with van der Waals surface area (Å²) >= 11 is 13.6. The zero-order chi connectivity index (χ0) is 11.0. The fourth-order valence-electron chi connectivity index (χ4n) is 1.20. The van der Waals surface area contributed by atoms with Crippen LogP contribution in [-0.4, -0.2) is 9.97 Å². The van der Waals surface area contributed by atoms with Crippen molar-refractivity contribution in [1.82, 2.24) is 9.97 Å². The molecule has 0 radical (unpaired) electrons. The second-order valence-corrected chi connectivity index (χ2v) is 4.98. The standard InChI is InChI=1S/C10H8Cl2N2S/c1-5-8(11)13-10(14-9(5)12)7-3-4-15-6(7)2/h3-4H,1-2H3. The predicted octanol–water partition coefficient (Wildman–Crippen LogP) is 4.13. The lowest BCUT2D eigenvalue weighted by Crippen LogP contribution is -1.93. The van der Waals surface area contributed by atoms with Crippen LogP contribution in [-0.2, 0) is 0 Å². The van der Waals surface area contributed by atoms with Crippen LogP contribution < -0.4 is 0 Å². The van der Waals surface area contributed by atoms with E-state index < -0.39 is 0 Å². The van der Waals surface area contributed by atoms with Crippen LogP contribution in [0.2, 0.25) is 10.3 Å². The highest BCUT2D eigenvalue weighted by Gasteiger charge is 2.11. The third-order valence-corrected chi connectivity index (χ3v) is 3.71. The molecule has 0 N–H and O–H groups in total. The number of hydrogen-bond acceptors (Lipinski definition) is 3. The molecule has 0 unspecified atom stereocenters. The maximum absolute atomic E-state index is 5.96. The summed E-state index contributed by atoms with van der Waals surface area (Å²) in [5, 5.41) is 2.82. The van der Waals surface area contributed by atoms with E-state index >= 15 is 0 Å². The summed E-state index contributed by atoms with van der Waals surface area (Å²) in [6.45, 7) is 3.82. The quantitative estimate of drug-likeness (QED) is 0.719. The number of rotatable bonds is 1. The molecule has 2 heterocycles. The smallest absolute Gasteiger partial charge is 0.163 e. The van der Waals surface area contributed by atoms with Gasteiger partial charge in [0.25, 0.3) is 0 Å². The fraction of sp³-hybridized carbons (Fsp3) is 0.200. The van der Waals surface area contributed by atoms with Gasteiger partial charge in [-0.15, -0.1) is 11.3 Å². The van der Waals surface area contributed by atoms with Crippen molar-refractivity contribution >= 4 is 34.5 Å². The topological polar surface area (TPSA) is 25.8 Å². The molecule has 0 bridgehead atoms. The third kappa shape index (κ3) is 2.00. The highest BCUT2D eigenvalue weighted by atomic mass is 35.5. The van der Waals surface area contributed by atoms with E-state index in [1.165, 1.54) is 0 Å². The molecule has 15 heavy (non-hydrogen) atoms. The van der Waals surface area contributed by atoms with Crippen LogP contribution >= 0.6 is 34.5 Å². The number of hydrogen-bond donors (Lipinski definition) is 0. The molecule has 0 fully saturated rings. The number of aromatic nitrogens is 2. The molecule has 0 saturated heterocycles. The minimum Gasteiger partial charge on any atom is -0.216 e. The molecular formula is C10H8Cl2N2S. The Morgan fingerprint density at radius 1 is 1.13 bits per heavy atom. The Morgan fingerprint density at radius 3 is 2.20 bits per heavy atom. The Morgan fingerprint density at radius 2 is 1.73 bits per heavy atom. The Labute approximate surface area is 102 Å². The van der Waals surface area contributed by atoms with Crippen LogP contribution in [0.15, 0.2) is 11.4 Å². The van der Waals surface area contributed by atoms with Crippen molar-refractivity contribution in [3.63, 3.8) is 0 Å². The molecule has 0 aromatic carbocycles. The Kier molecular flexibility index (Phi) is 2.96. The summed E-state index contributed by atoms with van der Waals surface area (Å²) in [7, 11) is 0. The first-order chi connectivity index (χ1) is 7.09. The van der Waals surface area contributed by atoms with Crippen LogP contribution in [0.4, 0.5) is 0 Å². The van der Waals surface area contributed by atoms with Gasteiger partial charge in [0.05, 0.1) is 0 Å². The normalized spacial score (nSPS) is 10.7. The highest BCUT2D eigenvalue weighted by molar-refractivity contribution is 7.10. The van der Waals surface area contributed by atoms with E-state index in [4.69, 9.17) is 23.2 Å². The Balaban J connectivity index is 2.60. The molecule has 0 aliphatic carbocycles. The predicted molar refractivity (Wildman–Crippen MR) is 64.8 cm³/mol. The minimum atomic E-state index is 0.413. The first-order valence-corrected chi connectivity index (χ1v) is 5.97. The van der Waals surface area contributed by atoms with E-state index in [-0.39, 0.29) is 0 Å². The number of nitrogens with zero attached hydrogens (tertiary/aromatic N) is 2. The molecule has 0 saturated carbocycles. The van der Waals surface area contributed by atoms with Crippen LogP contribution in [0.5, 0.6) is 0 Å².